The predicted molar refractivity (Wildman–Crippen MR) is 170 cm³/mol. The van der Waals surface area contributed by atoms with Gasteiger partial charge in [0.15, 0.2) is 0 Å². The van der Waals surface area contributed by atoms with Gasteiger partial charge >= 0.3 is 0 Å². The molecule has 3 heteroatoms. The molecule has 0 aliphatic carbocycles. The van der Waals surface area contributed by atoms with Crippen molar-refractivity contribution in [3.05, 3.63) is 157 Å². The van der Waals surface area contributed by atoms with E-state index in [9.17, 15) is 0 Å². The smallest absolute Gasteiger partial charge is 0.127 e. The minimum atomic E-state index is 0.833. The molecule has 41 heavy (non-hydrogen) atoms. The molecule has 6 rings (SSSR count). The van der Waals surface area contributed by atoms with E-state index in [4.69, 9.17) is 9.47 Å². The Bertz CT molecular complexity index is 1610. The van der Waals surface area contributed by atoms with Crippen LogP contribution in [0.3, 0.4) is 0 Å². The van der Waals surface area contributed by atoms with E-state index in [1.165, 1.54) is 43.2 Å². The predicted octanol–water partition coefficient (Wildman–Crippen LogP) is 11.4. The first-order valence-electron chi connectivity index (χ1n) is 13.7. The molecule has 0 heterocycles. The zero-order valence-electron chi connectivity index (χ0n) is 23.1. The van der Waals surface area contributed by atoms with Gasteiger partial charge in [-0.05, 0) is 120 Å². The molecule has 0 spiro atoms. The number of para-hydroxylation sites is 2. The molecule has 0 aliphatic heterocycles. The van der Waals surface area contributed by atoms with Gasteiger partial charge in [0.2, 0.25) is 0 Å². The fraction of sp³-hybridized carbons (Fsp3) is 0.0526. The van der Waals surface area contributed by atoms with Gasteiger partial charge in [-0.1, -0.05) is 84.6 Å². The normalized spacial score (nSPS) is 10.8. The van der Waals surface area contributed by atoms with E-state index in [1.54, 1.807) is 11.8 Å². The van der Waals surface area contributed by atoms with Crippen molar-refractivity contribution in [3.8, 4) is 45.3 Å². The van der Waals surface area contributed by atoms with Crippen LogP contribution in [-0.4, -0.2) is 0 Å². The zero-order chi connectivity index (χ0) is 28.0. The van der Waals surface area contributed by atoms with E-state index in [0.717, 1.165) is 23.0 Å². The fourth-order valence-electron chi connectivity index (χ4n) is 4.84. The largest absolute Gasteiger partial charge is 0.457 e. The summed E-state index contributed by atoms with van der Waals surface area (Å²) in [7, 11) is 0. The highest BCUT2D eigenvalue weighted by Gasteiger charge is 2.08. The summed E-state index contributed by atoms with van der Waals surface area (Å²) in [6.45, 7) is 4.35. The van der Waals surface area contributed by atoms with Crippen molar-refractivity contribution in [1.82, 2.24) is 0 Å². The SMILES string of the molecule is Cc1cc(Sc2ccc(-c3ccc(Oc4ccccc4)cc3)c(C)c2)ccc1-c1ccc(Oc2ccccc2)cc1. The Hall–Kier alpha value is -4.73. The molecule has 0 aliphatic rings. The van der Waals surface area contributed by atoms with E-state index in [2.05, 4.69) is 74.5 Å². The second-order valence-electron chi connectivity index (χ2n) is 9.93. The van der Waals surface area contributed by atoms with Crippen molar-refractivity contribution in [2.45, 2.75) is 23.6 Å². The monoisotopic (exact) mass is 550 g/mol. The van der Waals surface area contributed by atoms with Gasteiger partial charge in [-0.3, -0.25) is 0 Å². The number of hydrogen-bond donors (Lipinski definition) is 0. The summed E-state index contributed by atoms with van der Waals surface area (Å²) in [4.78, 5) is 2.45. The maximum absolute atomic E-state index is 5.95. The van der Waals surface area contributed by atoms with Crippen LogP contribution in [-0.2, 0) is 0 Å². The molecule has 0 N–H and O–H groups in total. The van der Waals surface area contributed by atoms with E-state index in [1.807, 2.05) is 84.9 Å². The average molecular weight is 551 g/mol. The minimum Gasteiger partial charge on any atom is -0.457 e. The molecule has 0 saturated carbocycles. The third kappa shape index (κ3) is 6.54. The van der Waals surface area contributed by atoms with Gasteiger partial charge in [0.25, 0.3) is 0 Å². The molecule has 0 unspecified atom stereocenters. The van der Waals surface area contributed by atoms with Crippen LogP contribution in [0.1, 0.15) is 11.1 Å². The summed E-state index contributed by atoms with van der Waals surface area (Å²) < 4.78 is 11.9. The van der Waals surface area contributed by atoms with E-state index in [-0.39, 0.29) is 0 Å². The molecule has 0 atom stereocenters. The molecule has 6 aromatic rings. The lowest BCUT2D eigenvalue weighted by atomic mass is 10.0. The lowest BCUT2D eigenvalue weighted by Crippen LogP contribution is -1.88. The number of benzene rings is 6. The summed E-state index contributed by atoms with van der Waals surface area (Å²) >= 11 is 1.79. The van der Waals surface area contributed by atoms with Crippen LogP contribution in [0, 0.1) is 13.8 Å². The Morgan fingerprint density at radius 2 is 0.756 bits per heavy atom. The van der Waals surface area contributed by atoms with Crippen LogP contribution in [0.5, 0.6) is 23.0 Å². The van der Waals surface area contributed by atoms with Gasteiger partial charge in [-0.2, -0.15) is 0 Å². The molecule has 0 fully saturated rings. The average Bonchev–Trinajstić information content (AvgIpc) is 3.00. The summed E-state index contributed by atoms with van der Waals surface area (Å²) in [6, 6.07) is 49.7. The van der Waals surface area contributed by atoms with Crippen LogP contribution >= 0.6 is 11.8 Å². The minimum absolute atomic E-state index is 0.833. The maximum Gasteiger partial charge on any atom is 0.127 e. The summed E-state index contributed by atoms with van der Waals surface area (Å²) in [6.07, 6.45) is 0. The van der Waals surface area contributed by atoms with Gasteiger partial charge in [0.05, 0.1) is 0 Å². The van der Waals surface area contributed by atoms with Crippen molar-refractivity contribution in [2.24, 2.45) is 0 Å². The van der Waals surface area contributed by atoms with E-state index in [0.29, 0.717) is 0 Å². The quantitative estimate of drug-likeness (QED) is 0.188. The van der Waals surface area contributed by atoms with Gasteiger partial charge in [-0.25, -0.2) is 0 Å². The number of rotatable bonds is 8. The summed E-state index contributed by atoms with van der Waals surface area (Å²) in [5, 5.41) is 0. The van der Waals surface area contributed by atoms with Crippen LogP contribution in [0.4, 0.5) is 0 Å². The maximum atomic E-state index is 5.95. The molecule has 0 saturated heterocycles. The Morgan fingerprint density at radius 3 is 1.12 bits per heavy atom. The fourth-order valence-corrected chi connectivity index (χ4v) is 5.85. The van der Waals surface area contributed by atoms with Crippen molar-refractivity contribution < 1.29 is 9.47 Å². The van der Waals surface area contributed by atoms with Crippen LogP contribution in [0.2, 0.25) is 0 Å². The van der Waals surface area contributed by atoms with Gasteiger partial charge in [0, 0.05) is 9.79 Å². The first kappa shape index (κ1) is 26.5. The molecular weight excluding hydrogens is 520 g/mol. The Morgan fingerprint density at radius 1 is 0.390 bits per heavy atom. The summed E-state index contributed by atoms with van der Waals surface area (Å²) in [5.74, 6) is 3.35. The second-order valence-corrected chi connectivity index (χ2v) is 11.1. The summed E-state index contributed by atoms with van der Waals surface area (Å²) in [5.41, 5.74) is 7.31. The highest BCUT2D eigenvalue weighted by Crippen LogP contribution is 2.36. The van der Waals surface area contributed by atoms with Crippen molar-refractivity contribution in [1.29, 1.82) is 0 Å². The van der Waals surface area contributed by atoms with Crippen molar-refractivity contribution in [2.75, 3.05) is 0 Å². The van der Waals surface area contributed by atoms with Crippen molar-refractivity contribution in [3.63, 3.8) is 0 Å². The highest BCUT2D eigenvalue weighted by atomic mass is 32.2. The van der Waals surface area contributed by atoms with Crippen LogP contribution in [0.15, 0.2) is 155 Å². The molecule has 2 nitrogen and oxygen atoms in total. The number of aryl methyl sites for hydroxylation is 2. The standard InChI is InChI=1S/C38H30O2S/c1-27-25-35(21-23-37(27)29-13-17-33(18-14-29)39-31-9-5-3-6-10-31)41-36-22-24-38(28(2)26-36)30-15-19-34(20-16-30)40-32-11-7-4-8-12-32/h3-26H,1-2H3. The topological polar surface area (TPSA) is 18.5 Å². The molecule has 0 bridgehead atoms. The molecular formula is C38H30O2S. The molecule has 200 valence electrons. The Labute approximate surface area is 246 Å². The Kier molecular flexibility index (Phi) is 7.88. The van der Waals surface area contributed by atoms with Crippen LogP contribution < -0.4 is 9.47 Å². The van der Waals surface area contributed by atoms with Crippen LogP contribution in [0.25, 0.3) is 22.3 Å². The second kappa shape index (κ2) is 12.2. The lowest BCUT2D eigenvalue weighted by molar-refractivity contribution is 0.482. The number of hydrogen-bond acceptors (Lipinski definition) is 3. The third-order valence-electron chi connectivity index (χ3n) is 6.92. The number of ether oxygens (including phenoxy) is 2. The highest BCUT2D eigenvalue weighted by molar-refractivity contribution is 7.99. The molecule has 0 aromatic heterocycles. The third-order valence-corrected chi connectivity index (χ3v) is 7.90. The molecule has 0 radical (unpaired) electrons. The lowest BCUT2D eigenvalue weighted by Gasteiger charge is -2.12. The van der Waals surface area contributed by atoms with Crippen molar-refractivity contribution >= 4 is 11.8 Å². The van der Waals surface area contributed by atoms with E-state index >= 15 is 0 Å². The Balaban J connectivity index is 1.12. The van der Waals surface area contributed by atoms with E-state index < -0.39 is 0 Å². The first-order chi connectivity index (χ1) is 20.1. The molecule has 0 amide bonds. The zero-order valence-corrected chi connectivity index (χ0v) is 23.9. The first-order valence-corrected chi connectivity index (χ1v) is 14.5. The molecule has 6 aromatic carbocycles. The van der Waals surface area contributed by atoms with Gasteiger partial charge in [0.1, 0.15) is 23.0 Å². The van der Waals surface area contributed by atoms with Gasteiger partial charge in [-0.15, -0.1) is 0 Å². The van der Waals surface area contributed by atoms with Gasteiger partial charge < -0.3 is 9.47 Å².